The monoisotopic (exact) mass is 267 g/mol. The molecule has 5 heteroatoms. The first-order chi connectivity index (χ1) is 8.91. The Labute approximate surface area is 109 Å². The van der Waals surface area contributed by atoms with E-state index in [1.165, 1.54) is 18.5 Å². The molecule has 1 heterocycles. The van der Waals surface area contributed by atoms with Crippen molar-refractivity contribution in [3.8, 4) is 0 Å². The standard InChI is InChI=1S/C14H15F2NO2/c1-4-19-13(18)14(15,16)12-9(2)10-7-5-6-8-11(10)17(12)3/h5-8H,4H2,1-3H3. The number of esters is 1. The molecular weight excluding hydrogens is 252 g/mol. The highest BCUT2D eigenvalue weighted by Crippen LogP contribution is 2.36. The molecule has 0 fully saturated rings. The number of hydrogen-bond acceptors (Lipinski definition) is 2. The summed E-state index contributed by atoms with van der Waals surface area (Å²) in [5, 5.41) is 0.712. The van der Waals surface area contributed by atoms with E-state index < -0.39 is 11.9 Å². The van der Waals surface area contributed by atoms with Gasteiger partial charge in [0, 0.05) is 18.0 Å². The van der Waals surface area contributed by atoms with Gasteiger partial charge in [0.1, 0.15) is 5.69 Å². The van der Waals surface area contributed by atoms with Crippen molar-refractivity contribution < 1.29 is 18.3 Å². The Bertz CT molecular complexity index is 593. The number of rotatable bonds is 3. The second-order valence-corrected chi connectivity index (χ2v) is 4.34. The summed E-state index contributed by atoms with van der Waals surface area (Å²) in [6.07, 6.45) is 0. The Morgan fingerprint density at radius 1 is 1.37 bits per heavy atom. The van der Waals surface area contributed by atoms with E-state index in [2.05, 4.69) is 4.74 Å². The molecule has 3 nitrogen and oxygen atoms in total. The van der Waals surface area contributed by atoms with Crippen molar-refractivity contribution in [2.45, 2.75) is 19.8 Å². The van der Waals surface area contributed by atoms with Gasteiger partial charge in [-0.3, -0.25) is 0 Å². The maximum Gasteiger partial charge on any atom is 0.383 e. The molecule has 0 amide bonds. The highest BCUT2D eigenvalue weighted by Gasteiger charge is 2.46. The minimum Gasteiger partial charge on any atom is -0.461 e. The average molecular weight is 267 g/mol. The Morgan fingerprint density at radius 3 is 2.58 bits per heavy atom. The van der Waals surface area contributed by atoms with Gasteiger partial charge in [-0.15, -0.1) is 0 Å². The molecule has 0 unspecified atom stereocenters. The van der Waals surface area contributed by atoms with Gasteiger partial charge < -0.3 is 9.30 Å². The predicted octanol–water partition coefficient (Wildman–Crippen LogP) is 3.14. The molecule has 19 heavy (non-hydrogen) atoms. The molecule has 1 aromatic heterocycles. The Kier molecular flexibility index (Phi) is 3.30. The third kappa shape index (κ3) is 1.99. The van der Waals surface area contributed by atoms with Crippen LogP contribution in [0.4, 0.5) is 8.78 Å². The van der Waals surface area contributed by atoms with Gasteiger partial charge in [0.25, 0.3) is 0 Å². The van der Waals surface area contributed by atoms with E-state index in [0.29, 0.717) is 16.5 Å². The topological polar surface area (TPSA) is 31.2 Å². The van der Waals surface area contributed by atoms with Crippen molar-refractivity contribution in [2.75, 3.05) is 6.61 Å². The molecule has 1 aromatic carbocycles. The van der Waals surface area contributed by atoms with E-state index in [0.717, 1.165) is 0 Å². The summed E-state index contributed by atoms with van der Waals surface area (Å²) in [6.45, 7) is 3.02. The molecule has 2 rings (SSSR count). The van der Waals surface area contributed by atoms with Crippen molar-refractivity contribution >= 4 is 16.9 Å². The average Bonchev–Trinajstić information content (AvgIpc) is 2.63. The number of benzene rings is 1. The van der Waals surface area contributed by atoms with Crippen LogP contribution in [-0.4, -0.2) is 17.1 Å². The number of carbonyl (C=O) groups is 1. The van der Waals surface area contributed by atoms with Gasteiger partial charge in [0.2, 0.25) is 0 Å². The fourth-order valence-corrected chi connectivity index (χ4v) is 2.35. The molecular formula is C14H15F2NO2. The number of aromatic nitrogens is 1. The molecule has 0 aliphatic rings. The first kappa shape index (κ1) is 13.5. The normalized spacial score (nSPS) is 11.8. The Morgan fingerprint density at radius 2 is 2.00 bits per heavy atom. The van der Waals surface area contributed by atoms with Crippen LogP contribution >= 0.6 is 0 Å². The van der Waals surface area contributed by atoms with Crippen molar-refractivity contribution in [3.05, 3.63) is 35.5 Å². The molecule has 0 saturated heterocycles. The van der Waals surface area contributed by atoms with Crippen LogP contribution in [0.3, 0.4) is 0 Å². The summed E-state index contributed by atoms with van der Waals surface area (Å²) < 4.78 is 34.2. The molecule has 2 aromatic rings. The quantitative estimate of drug-likeness (QED) is 0.800. The summed E-state index contributed by atoms with van der Waals surface area (Å²) in [5.41, 5.74) is 0.752. The summed E-state index contributed by atoms with van der Waals surface area (Å²) in [7, 11) is 1.53. The number of ether oxygens (including phenoxy) is 1. The largest absolute Gasteiger partial charge is 0.461 e. The SMILES string of the molecule is CCOC(=O)C(F)(F)c1c(C)c2ccccc2n1C. The maximum atomic E-state index is 14.2. The molecule has 0 N–H and O–H groups in total. The smallest absolute Gasteiger partial charge is 0.383 e. The number of fused-ring (bicyclic) bond motifs is 1. The van der Waals surface area contributed by atoms with E-state index in [1.54, 1.807) is 31.2 Å². The lowest BCUT2D eigenvalue weighted by molar-refractivity contribution is -0.174. The summed E-state index contributed by atoms with van der Waals surface area (Å²) in [4.78, 5) is 11.5. The van der Waals surface area contributed by atoms with Crippen LogP contribution in [0.15, 0.2) is 24.3 Å². The van der Waals surface area contributed by atoms with Crippen molar-refractivity contribution in [2.24, 2.45) is 7.05 Å². The van der Waals surface area contributed by atoms with Crippen LogP contribution in [0.2, 0.25) is 0 Å². The third-order valence-corrected chi connectivity index (χ3v) is 3.19. The molecule has 0 aliphatic carbocycles. The Hall–Kier alpha value is -1.91. The molecule has 0 saturated carbocycles. The fourth-order valence-electron chi connectivity index (χ4n) is 2.35. The molecule has 102 valence electrons. The number of nitrogens with zero attached hydrogens (tertiary/aromatic N) is 1. The zero-order chi connectivity index (χ0) is 14.2. The highest BCUT2D eigenvalue weighted by molar-refractivity contribution is 5.89. The molecule has 0 bridgehead atoms. The number of para-hydroxylation sites is 1. The third-order valence-electron chi connectivity index (χ3n) is 3.19. The van der Waals surface area contributed by atoms with E-state index in [1.807, 2.05) is 0 Å². The maximum absolute atomic E-state index is 14.2. The minimum absolute atomic E-state index is 0.0720. The lowest BCUT2D eigenvalue weighted by atomic mass is 10.1. The van der Waals surface area contributed by atoms with E-state index in [4.69, 9.17) is 0 Å². The number of halogens is 2. The minimum atomic E-state index is -3.64. The van der Waals surface area contributed by atoms with Gasteiger partial charge >= 0.3 is 11.9 Å². The zero-order valence-electron chi connectivity index (χ0n) is 11.0. The summed E-state index contributed by atoms with van der Waals surface area (Å²) in [5.74, 6) is -5.16. The van der Waals surface area contributed by atoms with Crippen LogP contribution in [0.5, 0.6) is 0 Å². The number of carbonyl (C=O) groups excluding carboxylic acids is 1. The van der Waals surface area contributed by atoms with Crippen LogP contribution in [-0.2, 0) is 22.5 Å². The van der Waals surface area contributed by atoms with Crippen molar-refractivity contribution in [1.29, 1.82) is 0 Å². The van der Waals surface area contributed by atoms with E-state index in [9.17, 15) is 13.6 Å². The Balaban J connectivity index is 2.65. The van der Waals surface area contributed by atoms with Crippen molar-refractivity contribution in [3.63, 3.8) is 0 Å². The van der Waals surface area contributed by atoms with E-state index in [-0.39, 0.29) is 12.3 Å². The van der Waals surface area contributed by atoms with Crippen LogP contribution in [0, 0.1) is 6.92 Å². The zero-order valence-corrected chi connectivity index (χ0v) is 11.0. The van der Waals surface area contributed by atoms with Gasteiger partial charge in [0.15, 0.2) is 0 Å². The first-order valence-corrected chi connectivity index (χ1v) is 6.00. The summed E-state index contributed by atoms with van der Waals surface area (Å²) >= 11 is 0. The predicted molar refractivity (Wildman–Crippen MR) is 68.2 cm³/mol. The van der Waals surface area contributed by atoms with Crippen LogP contribution < -0.4 is 0 Å². The summed E-state index contributed by atoms with van der Waals surface area (Å²) in [6, 6.07) is 7.05. The molecule has 0 radical (unpaired) electrons. The number of hydrogen-bond donors (Lipinski definition) is 0. The molecule has 0 aliphatic heterocycles. The lowest BCUT2D eigenvalue weighted by Crippen LogP contribution is -2.31. The highest BCUT2D eigenvalue weighted by atomic mass is 19.3. The van der Waals surface area contributed by atoms with Gasteiger partial charge in [0.05, 0.1) is 6.61 Å². The number of aryl methyl sites for hydroxylation is 2. The first-order valence-electron chi connectivity index (χ1n) is 6.00. The van der Waals surface area contributed by atoms with Gasteiger partial charge in [-0.1, -0.05) is 18.2 Å². The molecule has 0 spiro atoms. The van der Waals surface area contributed by atoms with Crippen LogP contribution in [0.1, 0.15) is 18.2 Å². The fraction of sp³-hybridized carbons (Fsp3) is 0.357. The second-order valence-electron chi connectivity index (χ2n) is 4.34. The molecule has 0 atom stereocenters. The number of alkyl halides is 2. The van der Waals surface area contributed by atoms with Gasteiger partial charge in [-0.25, -0.2) is 4.79 Å². The second kappa shape index (κ2) is 4.64. The van der Waals surface area contributed by atoms with Crippen molar-refractivity contribution in [1.82, 2.24) is 4.57 Å². The van der Waals surface area contributed by atoms with E-state index >= 15 is 0 Å². The van der Waals surface area contributed by atoms with Crippen LogP contribution in [0.25, 0.3) is 10.9 Å². The van der Waals surface area contributed by atoms with Gasteiger partial charge in [-0.05, 0) is 25.5 Å². The van der Waals surface area contributed by atoms with Gasteiger partial charge in [-0.2, -0.15) is 8.78 Å². The lowest BCUT2D eigenvalue weighted by Gasteiger charge is -2.17.